The van der Waals surface area contributed by atoms with Gasteiger partial charge in [-0.1, -0.05) is 12.1 Å². The van der Waals surface area contributed by atoms with Crippen LogP contribution in [0.15, 0.2) is 52.0 Å². The molecule has 0 bridgehead atoms. The van der Waals surface area contributed by atoms with Crippen LogP contribution in [0, 0.1) is 0 Å². The van der Waals surface area contributed by atoms with Crippen LogP contribution in [0.5, 0.6) is 5.75 Å². The Hall–Kier alpha value is -2.51. The molecule has 1 aromatic heterocycles. The SMILES string of the molecule is COCCN1C(=O)C(SCc2ccco2)=C(c2ccc(OC(C)C)cc2)C1=O. The molecule has 0 fully saturated rings. The maximum Gasteiger partial charge on any atom is 0.268 e. The molecule has 3 rings (SSSR count). The number of amides is 2. The molecule has 0 spiro atoms. The zero-order valence-electron chi connectivity index (χ0n) is 16.1. The number of hydrogen-bond donors (Lipinski definition) is 0. The molecule has 0 aliphatic carbocycles. The Morgan fingerprint density at radius 3 is 2.46 bits per heavy atom. The molecule has 2 aromatic rings. The molecule has 2 amide bonds. The number of furan rings is 1. The van der Waals surface area contributed by atoms with Crippen LogP contribution in [0.3, 0.4) is 0 Å². The number of carbonyl (C=O) groups is 2. The second-order valence-electron chi connectivity index (χ2n) is 6.52. The summed E-state index contributed by atoms with van der Waals surface area (Å²) in [5.74, 6) is 1.33. The van der Waals surface area contributed by atoms with Crippen LogP contribution in [0.1, 0.15) is 25.2 Å². The molecule has 1 aliphatic heterocycles. The number of carbonyl (C=O) groups excluding carboxylic acids is 2. The first-order chi connectivity index (χ1) is 13.5. The first-order valence-electron chi connectivity index (χ1n) is 9.03. The third-order valence-electron chi connectivity index (χ3n) is 4.10. The molecule has 0 saturated heterocycles. The van der Waals surface area contributed by atoms with E-state index in [-0.39, 0.29) is 24.5 Å². The van der Waals surface area contributed by atoms with Crippen LogP contribution in [0.2, 0.25) is 0 Å². The van der Waals surface area contributed by atoms with Gasteiger partial charge in [0.05, 0.1) is 41.7 Å². The van der Waals surface area contributed by atoms with Crippen molar-refractivity contribution in [3.8, 4) is 5.75 Å². The summed E-state index contributed by atoms with van der Waals surface area (Å²) in [7, 11) is 1.54. The topological polar surface area (TPSA) is 69.0 Å². The van der Waals surface area contributed by atoms with Gasteiger partial charge in [0.25, 0.3) is 11.8 Å². The maximum absolute atomic E-state index is 13.0. The average molecular weight is 401 g/mol. The lowest BCUT2D eigenvalue weighted by molar-refractivity contribution is -0.137. The lowest BCUT2D eigenvalue weighted by Gasteiger charge is -2.14. The van der Waals surface area contributed by atoms with Crippen molar-refractivity contribution >= 4 is 29.1 Å². The summed E-state index contributed by atoms with van der Waals surface area (Å²) in [5, 5.41) is 0. The Morgan fingerprint density at radius 1 is 1.11 bits per heavy atom. The number of rotatable bonds is 9. The summed E-state index contributed by atoms with van der Waals surface area (Å²) in [5.41, 5.74) is 1.10. The summed E-state index contributed by atoms with van der Waals surface area (Å²) in [6, 6.07) is 10.9. The zero-order valence-corrected chi connectivity index (χ0v) is 17.0. The molecule has 148 valence electrons. The molecule has 0 radical (unpaired) electrons. The highest BCUT2D eigenvalue weighted by molar-refractivity contribution is 8.03. The van der Waals surface area contributed by atoms with Crippen LogP contribution in [-0.4, -0.2) is 43.1 Å². The smallest absolute Gasteiger partial charge is 0.268 e. The van der Waals surface area contributed by atoms with Crippen LogP contribution < -0.4 is 4.74 Å². The maximum atomic E-state index is 13.0. The van der Waals surface area contributed by atoms with Gasteiger partial charge in [0.2, 0.25) is 0 Å². The molecular formula is C21H23NO5S. The molecule has 0 atom stereocenters. The van der Waals surface area contributed by atoms with E-state index in [0.717, 1.165) is 11.5 Å². The largest absolute Gasteiger partial charge is 0.491 e. The van der Waals surface area contributed by atoms with Gasteiger partial charge < -0.3 is 13.9 Å². The fourth-order valence-corrected chi connectivity index (χ4v) is 3.87. The summed E-state index contributed by atoms with van der Waals surface area (Å²) >= 11 is 1.31. The minimum Gasteiger partial charge on any atom is -0.491 e. The molecule has 7 heteroatoms. The molecule has 0 saturated carbocycles. The van der Waals surface area contributed by atoms with Crippen LogP contribution in [0.4, 0.5) is 0 Å². The molecule has 0 unspecified atom stereocenters. The number of methoxy groups -OCH3 is 1. The summed E-state index contributed by atoms with van der Waals surface area (Å²) < 4.78 is 16.1. The van der Waals surface area contributed by atoms with Gasteiger partial charge in [-0.25, -0.2) is 0 Å². The van der Waals surface area contributed by atoms with Gasteiger partial charge in [-0.2, -0.15) is 0 Å². The van der Waals surface area contributed by atoms with Crippen molar-refractivity contribution in [1.82, 2.24) is 4.90 Å². The predicted molar refractivity (Wildman–Crippen MR) is 108 cm³/mol. The summed E-state index contributed by atoms with van der Waals surface area (Å²) in [4.78, 5) is 27.5. The van der Waals surface area contributed by atoms with Crippen molar-refractivity contribution in [1.29, 1.82) is 0 Å². The van der Waals surface area contributed by atoms with E-state index in [1.54, 1.807) is 19.4 Å². The van der Waals surface area contributed by atoms with E-state index in [0.29, 0.717) is 28.4 Å². The molecule has 28 heavy (non-hydrogen) atoms. The monoisotopic (exact) mass is 401 g/mol. The predicted octanol–water partition coefficient (Wildman–Crippen LogP) is 3.73. The van der Waals surface area contributed by atoms with Gasteiger partial charge in [0, 0.05) is 7.11 Å². The van der Waals surface area contributed by atoms with Gasteiger partial charge in [-0.3, -0.25) is 14.5 Å². The van der Waals surface area contributed by atoms with E-state index in [1.807, 2.05) is 44.2 Å². The Kier molecular flexibility index (Phi) is 6.59. The van der Waals surface area contributed by atoms with Gasteiger partial charge in [0.15, 0.2) is 0 Å². The van der Waals surface area contributed by atoms with E-state index in [9.17, 15) is 9.59 Å². The summed E-state index contributed by atoms with van der Waals surface area (Å²) in [6.45, 7) is 4.42. The lowest BCUT2D eigenvalue weighted by atomic mass is 10.1. The quantitative estimate of drug-likeness (QED) is 0.597. The van der Waals surface area contributed by atoms with Gasteiger partial charge >= 0.3 is 0 Å². The normalized spacial score (nSPS) is 14.5. The third-order valence-corrected chi connectivity index (χ3v) is 5.19. The Balaban J connectivity index is 1.90. The lowest BCUT2D eigenvalue weighted by Crippen LogP contribution is -2.34. The highest BCUT2D eigenvalue weighted by atomic mass is 32.2. The second kappa shape index (κ2) is 9.12. The van der Waals surface area contributed by atoms with E-state index >= 15 is 0 Å². The third kappa shape index (κ3) is 4.48. The number of ether oxygens (including phenoxy) is 2. The van der Waals surface area contributed by atoms with Crippen molar-refractivity contribution in [2.45, 2.75) is 25.7 Å². The van der Waals surface area contributed by atoms with Crippen LogP contribution in [0.25, 0.3) is 5.57 Å². The van der Waals surface area contributed by atoms with Crippen molar-refractivity contribution in [2.24, 2.45) is 0 Å². The van der Waals surface area contributed by atoms with E-state index in [1.165, 1.54) is 16.7 Å². The minimum atomic E-state index is -0.304. The highest BCUT2D eigenvalue weighted by Gasteiger charge is 2.39. The zero-order chi connectivity index (χ0) is 20.1. The summed E-state index contributed by atoms with van der Waals surface area (Å²) in [6.07, 6.45) is 1.65. The first kappa shape index (κ1) is 20.2. The van der Waals surface area contributed by atoms with E-state index in [4.69, 9.17) is 13.9 Å². The molecule has 1 aromatic carbocycles. The Labute approximate surface area is 168 Å². The fourth-order valence-electron chi connectivity index (χ4n) is 2.84. The molecular weight excluding hydrogens is 378 g/mol. The van der Waals surface area contributed by atoms with E-state index < -0.39 is 0 Å². The van der Waals surface area contributed by atoms with Crippen molar-refractivity contribution in [3.05, 3.63) is 58.9 Å². The standard InChI is InChI=1S/C21H23NO5S/c1-14(2)27-16-8-6-15(7-9-16)18-19(28-13-17-5-4-11-26-17)21(24)22(20(18)23)10-12-25-3/h4-9,11,14H,10,12-13H2,1-3H3. The fraction of sp³-hybridized carbons (Fsp3) is 0.333. The number of nitrogens with zero attached hydrogens (tertiary/aromatic N) is 1. The van der Waals surface area contributed by atoms with Crippen LogP contribution >= 0.6 is 11.8 Å². The van der Waals surface area contributed by atoms with Gasteiger partial charge in [-0.15, -0.1) is 11.8 Å². The first-order valence-corrected chi connectivity index (χ1v) is 10.0. The number of imide groups is 1. The van der Waals surface area contributed by atoms with Crippen molar-refractivity contribution in [3.63, 3.8) is 0 Å². The average Bonchev–Trinajstić information content (AvgIpc) is 3.26. The van der Waals surface area contributed by atoms with Gasteiger partial charge in [-0.05, 0) is 43.7 Å². The molecule has 1 aliphatic rings. The van der Waals surface area contributed by atoms with Crippen LogP contribution in [-0.2, 0) is 20.1 Å². The molecule has 0 N–H and O–H groups in total. The number of benzene rings is 1. The highest BCUT2D eigenvalue weighted by Crippen LogP contribution is 2.38. The van der Waals surface area contributed by atoms with Crippen molar-refractivity contribution < 1.29 is 23.5 Å². The van der Waals surface area contributed by atoms with Crippen molar-refractivity contribution in [2.75, 3.05) is 20.3 Å². The Bertz CT molecular complexity index is 855. The molecule has 2 heterocycles. The van der Waals surface area contributed by atoms with Gasteiger partial charge in [0.1, 0.15) is 11.5 Å². The second-order valence-corrected chi connectivity index (χ2v) is 7.50. The minimum absolute atomic E-state index is 0.0590. The number of thioether (sulfide) groups is 1. The van der Waals surface area contributed by atoms with E-state index in [2.05, 4.69) is 0 Å². The molecule has 6 nitrogen and oxygen atoms in total. The number of hydrogen-bond acceptors (Lipinski definition) is 6. The Morgan fingerprint density at radius 2 is 1.86 bits per heavy atom.